The second-order valence-corrected chi connectivity index (χ2v) is 7.17. The third-order valence-electron chi connectivity index (χ3n) is 5.21. The first-order valence-electron chi connectivity index (χ1n) is 9.96. The van der Waals surface area contributed by atoms with Crippen molar-refractivity contribution in [2.75, 3.05) is 11.1 Å². The molecule has 0 aliphatic heterocycles. The number of nitrogen functional groups attached to an aromatic ring is 1. The van der Waals surface area contributed by atoms with E-state index in [-0.39, 0.29) is 23.7 Å². The lowest BCUT2D eigenvalue weighted by molar-refractivity contribution is 0.102. The second-order valence-electron chi connectivity index (χ2n) is 7.17. The average Bonchev–Trinajstić information content (AvgIpc) is 2.79. The first-order valence-corrected chi connectivity index (χ1v) is 9.96. The molecular weight excluding hydrogens is 392 g/mol. The van der Waals surface area contributed by atoms with Crippen LogP contribution in [0.1, 0.15) is 22.8 Å². The van der Waals surface area contributed by atoms with Crippen LogP contribution in [0.15, 0.2) is 82.4 Å². The number of para-hydroxylation sites is 3. The van der Waals surface area contributed by atoms with Crippen molar-refractivity contribution in [3.63, 3.8) is 0 Å². The normalized spacial score (nSPS) is 10.9. The highest BCUT2D eigenvalue weighted by Crippen LogP contribution is 2.18. The number of rotatable bonds is 5. The Morgan fingerprint density at radius 2 is 1.58 bits per heavy atom. The van der Waals surface area contributed by atoms with Crippen LogP contribution in [0, 0.1) is 0 Å². The molecule has 156 valence electrons. The minimum Gasteiger partial charge on any atom is -0.397 e. The third-order valence-corrected chi connectivity index (χ3v) is 5.21. The van der Waals surface area contributed by atoms with Crippen LogP contribution in [0.4, 0.5) is 11.4 Å². The highest BCUT2D eigenvalue weighted by atomic mass is 16.2. The number of carbonyl (C=O) groups is 1. The van der Waals surface area contributed by atoms with Gasteiger partial charge in [0.05, 0.1) is 28.8 Å². The van der Waals surface area contributed by atoms with E-state index in [1.165, 1.54) is 4.57 Å². The van der Waals surface area contributed by atoms with Crippen LogP contribution < -0.4 is 22.3 Å². The zero-order valence-electron chi connectivity index (χ0n) is 17.0. The van der Waals surface area contributed by atoms with Crippen molar-refractivity contribution in [1.29, 1.82) is 0 Å². The van der Waals surface area contributed by atoms with Crippen LogP contribution in [0.3, 0.4) is 0 Å². The summed E-state index contributed by atoms with van der Waals surface area (Å²) in [6, 6.07) is 20.9. The molecule has 0 atom stereocenters. The Labute approximate surface area is 178 Å². The number of amides is 1. The van der Waals surface area contributed by atoms with E-state index in [4.69, 9.17) is 5.73 Å². The molecule has 3 aromatic carbocycles. The number of nitrogens with zero attached hydrogens (tertiary/aromatic N) is 2. The lowest BCUT2D eigenvalue weighted by Gasteiger charge is -2.13. The van der Waals surface area contributed by atoms with Gasteiger partial charge in [0.25, 0.3) is 11.5 Å². The van der Waals surface area contributed by atoms with E-state index in [9.17, 15) is 14.4 Å². The van der Waals surface area contributed by atoms with Crippen LogP contribution in [-0.2, 0) is 13.1 Å². The number of nitrogens with one attached hydrogen (secondary N) is 1. The van der Waals surface area contributed by atoms with E-state index >= 15 is 0 Å². The molecule has 0 fully saturated rings. The second kappa shape index (κ2) is 8.31. The van der Waals surface area contributed by atoms with Gasteiger partial charge in [0.15, 0.2) is 0 Å². The predicted octanol–water partition coefficient (Wildman–Crippen LogP) is 3.07. The number of hydrogen-bond donors (Lipinski definition) is 2. The Morgan fingerprint density at radius 1 is 0.903 bits per heavy atom. The van der Waals surface area contributed by atoms with Crippen LogP contribution in [0.25, 0.3) is 10.9 Å². The Bertz CT molecular complexity index is 1380. The Kier molecular flexibility index (Phi) is 5.41. The Hall–Kier alpha value is -4.13. The molecule has 0 aliphatic carbocycles. The number of aryl methyl sites for hydroxylation is 1. The summed E-state index contributed by atoms with van der Waals surface area (Å²) in [5.74, 6) is -0.291. The van der Waals surface area contributed by atoms with Gasteiger partial charge in [-0.15, -0.1) is 0 Å². The van der Waals surface area contributed by atoms with Gasteiger partial charge in [0.1, 0.15) is 0 Å². The molecule has 0 unspecified atom stereocenters. The summed E-state index contributed by atoms with van der Waals surface area (Å²) in [5, 5.41) is 3.28. The number of carbonyl (C=O) groups excluding carboxylic acids is 1. The van der Waals surface area contributed by atoms with Crippen molar-refractivity contribution in [2.45, 2.75) is 20.0 Å². The van der Waals surface area contributed by atoms with Crippen LogP contribution >= 0.6 is 0 Å². The molecule has 0 saturated carbocycles. The number of anilines is 2. The highest BCUT2D eigenvalue weighted by Gasteiger charge is 2.13. The van der Waals surface area contributed by atoms with Crippen molar-refractivity contribution >= 4 is 28.2 Å². The van der Waals surface area contributed by atoms with Crippen LogP contribution in [0.2, 0.25) is 0 Å². The lowest BCUT2D eigenvalue weighted by Crippen LogP contribution is -2.40. The average molecular weight is 414 g/mol. The minimum atomic E-state index is -0.354. The molecule has 0 saturated heterocycles. The van der Waals surface area contributed by atoms with Gasteiger partial charge in [-0.1, -0.05) is 36.4 Å². The molecule has 7 nitrogen and oxygen atoms in total. The SMILES string of the molecule is CCn1c(=O)n(Cc2ccc(C(=O)Nc3ccccc3N)cc2)c(=O)c2ccccc21. The van der Waals surface area contributed by atoms with Crippen LogP contribution in [-0.4, -0.2) is 15.0 Å². The fourth-order valence-corrected chi connectivity index (χ4v) is 3.57. The van der Waals surface area contributed by atoms with Crippen molar-refractivity contribution < 1.29 is 4.79 Å². The Balaban J connectivity index is 1.62. The third kappa shape index (κ3) is 3.85. The zero-order chi connectivity index (χ0) is 22.0. The van der Waals surface area contributed by atoms with E-state index in [1.54, 1.807) is 71.3 Å². The number of nitrogens with two attached hydrogens (primary N) is 1. The first-order chi connectivity index (χ1) is 15.0. The first kappa shape index (κ1) is 20.2. The van der Waals surface area contributed by atoms with Gasteiger partial charge in [-0.25, -0.2) is 4.79 Å². The molecule has 7 heteroatoms. The van der Waals surface area contributed by atoms with Gasteiger partial charge in [0, 0.05) is 12.1 Å². The highest BCUT2D eigenvalue weighted by molar-refractivity contribution is 6.05. The van der Waals surface area contributed by atoms with E-state index in [2.05, 4.69) is 5.32 Å². The quantitative estimate of drug-likeness (QED) is 0.490. The van der Waals surface area contributed by atoms with Crippen molar-refractivity contribution in [2.24, 2.45) is 0 Å². The molecule has 4 aromatic rings. The molecule has 0 spiro atoms. The maximum Gasteiger partial charge on any atom is 0.331 e. The molecule has 0 radical (unpaired) electrons. The van der Waals surface area contributed by atoms with Crippen molar-refractivity contribution in [3.05, 3.63) is 105 Å². The Morgan fingerprint density at radius 3 is 2.29 bits per heavy atom. The smallest absolute Gasteiger partial charge is 0.331 e. The largest absolute Gasteiger partial charge is 0.397 e. The number of aromatic nitrogens is 2. The maximum atomic E-state index is 12.9. The predicted molar refractivity (Wildman–Crippen MR) is 122 cm³/mol. The summed E-state index contributed by atoms with van der Waals surface area (Å²) in [5.41, 5.74) is 8.03. The van der Waals surface area contributed by atoms with Gasteiger partial charge in [-0.2, -0.15) is 0 Å². The fourth-order valence-electron chi connectivity index (χ4n) is 3.57. The molecule has 31 heavy (non-hydrogen) atoms. The molecule has 3 N–H and O–H groups in total. The van der Waals surface area contributed by atoms with Crippen molar-refractivity contribution in [1.82, 2.24) is 9.13 Å². The van der Waals surface area contributed by atoms with E-state index in [0.717, 1.165) is 5.56 Å². The molecule has 1 aromatic heterocycles. The zero-order valence-corrected chi connectivity index (χ0v) is 17.0. The fraction of sp³-hybridized carbons (Fsp3) is 0.125. The minimum absolute atomic E-state index is 0.121. The lowest BCUT2D eigenvalue weighted by atomic mass is 10.1. The molecule has 0 aliphatic rings. The summed E-state index contributed by atoms with van der Waals surface area (Å²) in [7, 11) is 0. The number of hydrogen-bond acceptors (Lipinski definition) is 4. The molecule has 1 heterocycles. The van der Waals surface area contributed by atoms with Gasteiger partial charge in [0.2, 0.25) is 0 Å². The van der Waals surface area contributed by atoms with E-state index in [0.29, 0.717) is 34.4 Å². The van der Waals surface area contributed by atoms with E-state index < -0.39 is 0 Å². The van der Waals surface area contributed by atoms with Gasteiger partial charge in [-0.3, -0.25) is 18.7 Å². The molecule has 1 amide bonds. The summed E-state index contributed by atoms with van der Waals surface area (Å²) in [6.07, 6.45) is 0. The van der Waals surface area contributed by atoms with Crippen LogP contribution in [0.5, 0.6) is 0 Å². The van der Waals surface area contributed by atoms with Gasteiger partial charge < -0.3 is 11.1 Å². The summed E-state index contributed by atoms with van der Waals surface area (Å²) in [6.45, 7) is 2.45. The number of fused-ring (bicyclic) bond motifs is 1. The summed E-state index contributed by atoms with van der Waals surface area (Å²) in [4.78, 5) is 38.3. The summed E-state index contributed by atoms with van der Waals surface area (Å²) >= 11 is 0. The van der Waals surface area contributed by atoms with E-state index in [1.807, 2.05) is 13.0 Å². The monoisotopic (exact) mass is 414 g/mol. The van der Waals surface area contributed by atoms with Crippen molar-refractivity contribution in [3.8, 4) is 0 Å². The topological polar surface area (TPSA) is 99.1 Å². The molecule has 4 rings (SSSR count). The van der Waals surface area contributed by atoms with Gasteiger partial charge in [-0.05, 0) is 48.9 Å². The molecule has 0 bridgehead atoms. The standard InChI is InChI=1S/C24H22N4O3/c1-2-27-21-10-6-3-7-18(21)23(30)28(24(27)31)15-16-11-13-17(14-12-16)22(29)26-20-9-5-4-8-19(20)25/h3-14H,2,15,25H2,1H3,(H,26,29). The maximum absolute atomic E-state index is 12.9. The van der Waals surface area contributed by atoms with Gasteiger partial charge >= 0.3 is 5.69 Å². The summed E-state index contributed by atoms with van der Waals surface area (Å²) < 4.78 is 2.81. The molecular formula is C24H22N4O3. The number of benzene rings is 3.